The molecule has 86 valence electrons. The Kier molecular flexibility index (Phi) is 5.14. The van der Waals surface area contributed by atoms with Crippen molar-refractivity contribution in [2.24, 2.45) is 23.7 Å². The molecule has 0 radical (unpaired) electrons. The number of allylic oxidation sites excluding steroid dienone is 3. The Bertz CT molecular complexity index is 214. The van der Waals surface area contributed by atoms with E-state index in [4.69, 9.17) is 0 Å². The normalized spacial score (nSPS) is 36.2. The van der Waals surface area contributed by atoms with Crippen LogP contribution in [0.3, 0.4) is 0 Å². The Morgan fingerprint density at radius 3 is 2.60 bits per heavy atom. The van der Waals surface area contributed by atoms with E-state index in [1.165, 1.54) is 25.7 Å². The summed E-state index contributed by atoms with van der Waals surface area (Å²) in [5.74, 6) is 3.32. The summed E-state index contributed by atoms with van der Waals surface area (Å²) in [6.07, 6.45) is 12.0. The van der Waals surface area contributed by atoms with E-state index in [1.807, 2.05) is 0 Å². The highest BCUT2D eigenvalue weighted by molar-refractivity contribution is 4.98. The van der Waals surface area contributed by atoms with Gasteiger partial charge in [-0.1, -0.05) is 45.4 Å². The van der Waals surface area contributed by atoms with Crippen LogP contribution in [0.25, 0.3) is 0 Å². The molecule has 0 bridgehead atoms. The second kappa shape index (κ2) is 6.15. The molecule has 0 heteroatoms. The van der Waals surface area contributed by atoms with Crippen molar-refractivity contribution in [2.45, 2.75) is 46.5 Å². The Hall–Kier alpha value is -0.520. The summed E-state index contributed by atoms with van der Waals surface area (Å²) in [5.41, 5.74) is 0. The van der Waals surface area contributed by atoms with Crippen LogP contribution in [0, 0.1) is 23.7 Å². The van der Waals surface area contributed by atoms with E-state index in [2.05, 4.69) is 45.6 Å². The predicted octanol–water partition coefficient (Wildman–Crippen LogP) is 4.83. The molecule has 1 aliphatic carbocycles. The molecule has 1 rings (SSSR count). The first-order valence-corrected chi connectivity index (χ1v) is 6.48. The van der Waals surface area contributed by atoms with Gasteiger partial charge in [-0.15, -0.1) is 6.58 Å². The van der Waals surface area contributed by atoms with E-state index < -0.39 is 0 Å². The van der Waals surface area contributed by atoms with Gasteiger partial charge < -0.3 is 0 Å². The molecule has 0 aromatic heterocycles. The van der Waals surface area contributed by atoms with Gasteiger partial charge in [0.25, 0.3) is 0 Å². The topological polar surface area (TPSA) is 0 Å². The third-order valence-electron chi connectivity index (χ3n) is 4.10. The van der Waals surface area contributed by atoms with E-state index in [-0.39, 0.29) is 0 Å². The number of rotatable bonds is 5. The van der Waals surface area contributed by atoms with Crippen molar-refractivity contribution in [3.63, 3.8) is 0 Å². The number of hydrogen-bond donors (Lipinski definition) is 0. The highest BCUT2D eigenvalue weighted by atomic mass is 14.4. The number of hydrogen-bond acceptors (Lipinski definition) is 0. The monoisotopic (exact) mass is 206 g/mol. The van der Waals surface area contributed by atoms with Gasteiger partial charge in [0.05, 0.1) is 0 Å². The van der Waals surface area contributed by atoms with Crippen LogP contribution in [0.15, 0.2) is 24.8 Å². The standard InChI is InChI=1S/C15H26/c1-5-7-8-9-10-15-13(4)12(3)11-14(15)6-2/h6,8-9,12-15H,2,5,7,10-11H2,1,3-4H3. The Labute approximate surface area is 95.5 Å². The summed E-state index contributed by atoms with van der Waals surface area (Å²) < 4.78 is 0. The summed E-state index contributed by atoms with van der Waals surface area (Å²) in [7, 11) is 0. The van der Waals surface area contributed by atoms with Crippen LogP contribution in [0.4, 0.5) is 0 Å². The van der Waals surface area contributed by atoms with Crippen molar-refractivity contribution in [3.05, 3.63) is 24.8 Å². The quantitative estimate of drug-likeness (QED) is 0.565. The minimum Gasteiger partial charge on any atom is -0.103 e. The summed E-state index contributed by atoms with van der Waals surface area (Å²) >= 11 is 0. The van der Waals surface area contributed by atoms with Gasteiger partial charge in [-0.2, -0.15) is 0 Å². The fourth-order valence-electron chi connectivity index (χ4n) is 2.83. The van der Waals surface area contributed by atoms with E-state index in [0.717, 1.165) is 23.7 Å². The Morgan fingerprint density at radius 1 is 1.27 bits per heavy atom. The molecule has 1 fully saturated rings. The molecule has 1 saturated carbocycles. The largest absolute Gasteiger partial charge is 0.103 e. The maximum absolute atomic E-state index is 3.98. The van der Waals surface area contributed by atoms with Crippen molar-refractivity contribution in [2.75, 3.05) is 0 Å². The predicted molar refractivity (Wildman–Crippen MR) is 68.8 cm³/mol. The van der Waals surface area contributed by atoms with Gasteiger partial charge in [0.1, 0.15) is 0 Å². The van der Waals surface area contributed by atoms with Crippen LogP contribution in [-0.4, -0.2) is 0 Å². The minimum atomic E-state index is 0.751. The molecule has 0 N–H and O–H groups in total. The molecule has 0 spiro atoms. The van der Waals surface area contributed by atoms with Gasteiger partial charge >= 0.3 is 0 Å². The average molecular weight is 206 g/mol. The lowest BCUT2D eigenvalue weighted by molar-refractivity contribution is 0.339. The molecule has 0 heterocycles. The fraction of sp³-hybridized carbons (Fsp3) is 0.733. The van der Waals surface area contributed by atoms with Crippen molar-refractivity contribution in [3.8, 4) is 0 Å². The van der Waals surface area contributed by atoms with Gasteiger partial charge in [-0.25, -0.2) is 0 Å². The second-order valence-corrected chi connectivity index (χ2v) is 5.13. The van der Waals surface area contributed by atoms with E-state index >= 15 is 0 Å². The van der Waals surface area contributed by atoms with E-state index in [0.29, 0.717) is 0 Å². The zero-order valence-corrected chi connectivity index (χ0v) is 10.6. The first-order valence-electron chi connectivity index (χ1n) is 6.48. The Balaban J connectivity index is 2.47. The van der Waals surface area contributed by atoms with E-state index in [1.54, 1.807) is 0 Å². The average Bonchev–Trinajstić information content (AvgIpc) is 2.51. The maximum Gasteiger partial charge on any atom is -0.0200 e. The number of unbranched alkanes of at least 4 members (excludes halogenated alkanes) is 1. The van der Waals surface area contributed by atoms with Crippen LogP contribution < -0.4 is 0 Å². The second-order valence-electron chi connectivity index (χ2n) is 5.13. The third kappa shape index (κ3) is 3.22. The summed E-state index contributed by atoms with van der Waals surface area (Å²) in [5, 5.41) is 0. The van der Waals surface area contributed by atoms with Crippen molar-refractivity contribution >= 4 is 0 Å². The van der Waals surface area contributed by atoms with E-state index in [9.17, 15) is 0 Å². The molecule has 0 aliphatic heterocycles. The lowest BCUT2D eigenvalue weighted by atomic mass is 9.86. The molecular weight excluding hydrogens is 180 g/mol. The zero-order valence-electron chi connectivity index (χ0n) is 10.6. The van der Waals surface area contributed by atoms with Crippen molar-refractivity contribution in [1.82, 2.24) is 0 Å². The van der Waals surface area contributed by atoms with Crippen molar-refractivity contribution < 1.29 is 0 Å². The van der Waals surface area contributed by atoms with Crippen LogP contribution in [-0.2, 0) is 0 Å². The minimum absolute atomic E-state index is 0.751. The summed E-state index contributed by atoms with van der Waals surface area (Å²) in [6, 6.07) is 0. The molecule has 0 saturated heterocycles. The van der Waals surface area contributed by atoms with Gasteiger partial charge in [0.2, 0.25) is 0 Å². The van der Waals surface area contributed by atoms with Gasteiger partial charge in [-0.3, -0.25) is 0 Å². The van der Waals surface area contributed by atoms with Gasteiger partial charge in [-0.05, 0) is 42.9 Å². The molecule has 1 aliphatic rings. The molecule has 0 aromatic carbocycles. The lowest BCUT2D eigenvalue weighted by Crippen LogP contribution is -2.12. The molecule has 4 atom stereocenters. The summed E-state index contributed by atoms with van der Waals surface area (Å²) in [4.78, 5) is 0. The smallest absolute Gasteiger partial charge is 0.0200 e. The van der Waals surface area contributed by atoms with Crippen LogP contribution in [0.1, 0.15) is 46.5 Å². The SMILES string of the molecule is C=CC1CC(C)C(C)C1CC=CCCC. The molecule has 4 unspecified atom stereocenters. The molecule has 0 amide bonds. The van der Waals surface area contributed by atoms with Crippen LogP contribution in [0.5, 0.6) is 0 Å². The lowest BCUT2D eigenvalue weighted by Gasteiger charge is -2.19. The van der Waals surface area contributed by atoms with Gasteiger partial charge in [0, 0.05) is 0 Å². The third-order valence-corrected chi connectivity index (χ3v) is 4.10. The van der Waals surface area contributed by atoms with Crippen LogP contribution in [0.2, 0.25) is 0 Å². The molecular formula is C15H26. The first kappa shape index (κ1) is 12.5. The summed E-state index contributed by atoms with van der Waals surface area (Å²) in [6.45, 7) is 11.0. The Morgan fingerprint density at radius 2 is 2.00 bits per heavy atom. The highest BCUT2D eigenvalue weighted by Crippen LogP contribution is 2.43. The van der Waals surface area contributed by atoms with Gasteiger partial charge in [0.15, 0.2) is 0 Å². The molecule has 0 nitrogen and oxygen atoms in total. The highest BCUT2D eigenvalue weighted by Gasteiger charge is 2.35. The maximum atomic E-state index is 3.98. The fourth-order valence-corrected chi connectivity index (χ4v) is 2.83. The van der Waals surface area contributed by atoms with Crippen molar-refractivity contribution in [1.29, 1.82) is 0 Å². The van der Waals surface area contributed by atoms with Crippen LogP contribution >= 0.6 is 0 Å². The first-order chi connectivity index (χ1) is 7.20. The molecule has 0 aromatic rings. The molecule has 15 heavy (non-hydrogen) atoms. The zero-order chi connectivity index (χ0) is 11.3.